The fourth-order valence-electron chi connectivity index (χ4n) is 8.39. The zero-order valence-electron chi connectivity index (χ0n) is 18.2. The number of hydrogen-bond donors (Lipinski definition) is 1. The highest BCUT2D eigenvalue weighted by atomic mass is 16.5. The molecular formula is C24H38O3. The van der Waals surface area contributed by atoms with Crippen LogP contribution in [0.15, 0.2) is 11.6 Å². The number of esters is 1. The summed E-state index contributed by atoms with van der Waals surface area (Å²) in [5.74, 6) is -0.0280. The fraction of sp³-hybridized carbons (Fsp3) is 0.875. The van der Waals surface area contributed by atoms with Crippen molar-refractivity contribution < 1.29 is 14.6 Å². The van der Waals surface area contributed by atoms with Crippen molar-refractivity contribution in [3.05, 3.63) is 11.6 Å². The molecule has 0 heterocycles. The van der Waals surface area contributed by atoms with Gasteiger partial charge in [-0.25, -0.2) is 0 Å². The fourth-order valence-corrected chi connectivity index (χ4v) is 8.39. The SMILES string of the molecule is COC(=O)C1(C)CCC[C@@]2(C)C3=CC[C@]4(C)C[C@@]3(CC[C@]12C)C[C@@]4(C)CO. The molecule has 0 radical (unpaired) electrons. The van der Waals surface area contributed by atoms with Crippen LogP contribution in [0.3, 0.4) is 0 Å². The number of ether oxygens (including phenoxy) is 1. The number of rotatable bonds is 2. The van der Waals surface area contributed by atoms with Crippen molar-refractivity contribution in [1.29, 1.82) is 0 Å². The molecule has 0 aromatic carbocycles. The van der Waals surface area contributed by atoms with E-state index in [2.05, 4.69) is 40.7 Å². The van der Waals surface area contributed by atoms with Gasteiger partial charge in [-0.2, -0.15) is 0 Å². The van der Waals surface area contributed by atoms with Gasteiger partial charge >= 0.3 is 5.97 Å². The molecule has 4 aliphatic carbocycles. The smallest absolute Gasteiger partial charge is 0.312 e. The molecule has 1 spiro atoms. The van der Waals surface area contributed by atoms with Gasteiger partial charge in [-0.05, 0) is 78.9 Å². The van der Waals surface area contributed by atoms with Gasteiger partial charge in [0.1, 0.15) is 0 Å². The van der Waals surface area contributed by atoms with E-state index in [-0.39, 0.29) is 39.7 Å². The summed E-state index contributed by atoms with van der Waals surface area (Å²) in [6.45, 7) is 11.9. The second kappa shape index (κ2) is 5.40. The topological polar surface area (TPSA) is 46.5 Å². The molecule has 3 fully saturated rings. The van der Waals surface area contributed by atoms with Crippen molar-refractivity contribution in [2.24, 2.45) is 32.5 Å². The van der Waals surface area contributed by atoms with Gasteiger partial charge in [0.15, 0.2) is 0 Å². The molecule has 152 valence electrons. The van der Waals surface area contributed by atoms with Crippen LogP contribution >= 0.6 is 0 Å². The number of fused-ring (bicyclic) bond motifs is 3. The van der Waals surface area contributed by atoms with Crippen LogP contribution < -0.4 is 0 Å². The summed E-state index contributed by atoms with van der Waals surface area (Å²) in [5, 5.41) is 10.3. The summed E-state index contributed by atoms with van der Waals surface area (Å²) in [6, 6.07) is 0. The van der Waals surface area contributed by atoms with Crippen LogP contribution in [-0.2, 0) is 9.53 Å². The van der Waals surface area contributed by atoms with E-state index in [4.69, 9.17) is 4.74 Å². The molecule has 0 aromatic heterocycles. The van der Waals surface area contributed by atoms with E-state index in [1.165, 1.54) is 6.42 Å². The maximum atomic E-state index is 12.9. The van der Waals surface area contributed by atoms with E-state index in [0.29, 0.717) is 0 Å². The quantitative estimate of drug-likeness (QED) is 0.529. The molecule has 3 heteroatoms. The van der Waals surface area contributed by atoms with E-state index in [1.807, 2.05) is 0 Å². The van der Waals surface area contributed by atoms with Gasteiger partial charge in [-0.3, -0.25) is 4.79 Å². The van der Waals surface area contributed by atoms with Gasteiger partial charge in [0, 0.05) is 6.61 Å². The largest absolute Gasteiger partial charge is 0.469 e. The van der Waals surface area contributed by atoms with Crippen LogP contribution in [0, 0.1) is 32.5 Å². The van der Waals surface area contributed by atoms with Crippen molar-refractivity contribution in [3.8, 4) is 0 Å². The second-order valence-electron chi connectivity index (χ2n) is 11.6. The third kappa shape index (κ3) is 2.00. The molecule has 6 atom stereocenters. The van der Waals surface area contributed by atoms with Gasteiger partial charge in [0.25, 0.3) is 0 Å². The normalized spacial score (nSPS) is 54.0. The molecule has 2 bridgehead atoms. The Morgan fingerprint density at radius 1 is 1.07 bits per heavy atom. The minimum Gasteiger partial charge on any atom is -0.469 e. The van der Waals surface area contributed by atoms with E-state index in [1.54, 1.807) is 12.7 Å². The maximum Gasteiger partial charge on any atom is 0.312 e. The van der Waals surface area contributed by atoms with E-state index in [0.717, 1.165) is 44.9 Å². The monoisotopic (exact) mass is 374 g/mol. The highest BCUT2D eigenvalue weighted by Crippen LogP contribution is 2.78. The van der Waals surface area contributed by atoms with Gasteiger partial charge in [-0.15, -0.1) is 0 Å². The minimum atomic E-state index is -0.420. The Labute approximate surface area is 164 Å². The molecule has 27 heavy (non-hydrogen) atoms. The molecule has 0 aliphatic heterocycles. The zero-order chi connectivity index (χ0) is 19.9. The van der Waals surface area contributed by atoms with Crippen molar-refractivity contribution in [1.82, 2.24) is 0 Å². The van der Waals surface area contributed by atoms with Crippen molar-refractivity contribution in [3.63, 3.8) is 0 Å². The summed E-state index contributed by atoms with van der Waals surface area (Å²) in [6.07, 6.45) is 11.3. The first-order valence-corrected chi connectivity index (χ1v) is 10.9. The predicted molar refractivity (Wildman–Crippen MR) is 107 cm³/mol. The Morgan fingerprint density at radius 2 is 1.78 bits per heavy atom. The summed E-state index contributed by atoms with van der Waals surface area (Å²) in [4.78, 5) is 12.9. The average Bonchev–Trinajstić information content (AvgIpc) is 2.79. The lowest BCUT2D eigenvalue weighted by molar-refractivity contribution is -0.183. The first-order valence-electron chi connectivity index (χ1n) is 10.9. The lowest BCUT2D eigenvalue weighted by Gasteiger charge is -2.66. The molecule has 0 amide bonds. The van der Waals surface area contributed by atoms with Crippen LogP contribution in [0.25, 0.3) is 0 Å². The summed E-state index contributed by atoms with van der Waals surface area (Å²) in [5.41, 5.74) is 1.56. The van der Waals surface area contributed by atoms with Gasteiger partial charge in [0.05, 0.1) is 12.5 Å². The molecule has 3 saturated carbocycles. The van der Waals surface area contributed by atoms with Crippen LogP contribution in [-0.4, -0.2) is 24.8 Å². The number of methoxy groups -OCH3 is 1. The van der Waals surface area contributed by atoms with E-state index in [9.17, 15) is 9.90 Å². The highest BCUT2D eigenvalue weighted by Gasteiger charge is 2.71. The predicted octanol–water partition coefficient (Wildman–Crippen LogP) is 5.27. The first-order chi connectivity index (χ1) is 12.5. The lowest BCUT2D eigenvalue weighted by Crippen LogP contribution is -2.61. The molecule has 1 unspecified atom stereocenters. The Kier molecular flexibility index (Phi) is 3.90. The molecular weight excluding hydrogens is 336 g/mol. The zero-order valence-corrected chi connectivity index (χ0v) is 18.2. The average molecular weight is 375 g/mol. The molecule has 4 rings (SSSR count). The number of carbonyl (C=O) groups is 1. The number of carbonyl (C=O) groups excluding carboxylic acids is 1. The van der Waals surface area contributed by atoms with Crippen molar-refractivity contribution in [2.75, 3.05) is 13.7 Å². The molecule has 0 aromatic rings. The summed E-state index contributed by atoms with van der Waals surface area (Å²) in [7, 11) is 1.54. The van der Waals surface area contributed by atoms with Crippen LogP contribution in [0.1, 0.15) is 86.0 Å². The minimum absolute atomic E-state index is 0.00430. The maximum absolute atomic E-state index is 12.9. The molecule has 1 N–H and O–H groups in total. The number of hydrogen-bond acceptors (Lipinski definition) is 3. The van der Waals surface area contributed by atoms with Crippen LogP contribution in [0.5, 0.6) is 0 Å². The van der Waals surface area contributed by atoms with Gasteiger partial charge < -0.3 is 9.84 Å². The van der Waals surface area contributed by atoms with Crippen LogP contribution in [0.4, 0.5) is 0 Å². The molecule has 4 aliphatic rings. The molecule has 0 saturated heterocycles. The Balaban J connectivity index is 1.84. The van der Waals surface area contributed by atoms with Gasteiger partial charge in [0.2, 0.25) is 0 Å². The first kappa shape index (κ1) is 19.5. The Hall–Kier alpha value is -0.830. The number of allylic oxidation sites excluding steroid dienone is 2. The Morgan fingerprint density at radius 3 is 2.41 bits per heavy atom. The van der Waals surface area contributed by atoms with E-state index >= 15 is 0 Å². The summed E-state index contributed by atoms with van der Waals surface area (Å²) >= 11 is 0. The summed E-state index contributed by atoms with van der Waals surface area (Å²) < 4.78 is 5.32. The Bertz CT molecular complexity index is 712. The highest BCUT2D eigenvalue weighted by molar-refractivity contribution is 5.78. The second-order valence-corrected chi connectivity index (χ2v) is 11.6. The number of aliphatic hydroxyl groups is 1. The molecule has 3 nitrogen and oxygen atoms in total. The third-order valence-corrected chi connectivity index (χ3v) is 10.7. The standard InChI is InChI=1S/C24H38O3/c1-19-11-8-17-21(3)9-7-10-22(4,18(26)27-6)23(21,5)12-13-24(17,14-19)15-20(19,2)16-25/h8,25H,7,9-16H2,1-6H3/t19-,20+,21+,22?,23+,24+/m1/s1. The van der Waals surface area contributed by atoms with Crippen molar-refractivity contribution >= 4 is 5.97 Å². The van der Waals surface area contributed by atoms with Gasteiger partial charge in [-0.1, -0.05) is 45.8 Å². The van der Waals surface area contributed by atoms with Crippen LogP contribution in [0.2, 0.25) is 0 Å². The number of aliphatic hydroxyl groups excluding tert-OH is 1. The third-order valence-electron chi connectivity index (χ3n) is 10.7. The lowest BCUT2D eigenvalue weighted by atomic mass is 9.37. The van der Waals surface area contributed by atoms with Crippen molar-refractivity contribution in [2.45, 2.75) is 86.0 Å². The van der Waals surface area contributed by atoms with E-state index < -0.39 is 5.41 Å².